The molecule has 2 rings (SSSR count). The molecule has 1 N–H and O–H groups in total. The van der Waals surface area contributed by atoms with Crippen molar-refractivity contribution in [2.75, 3.05) is 6.54 Å². The number of benzene rings is 1. The molecule has 0 aliphatic heterocycles. The van der Waals surface area contributed by atoms with Crippen LogP contribution in [0.2, 0.25) is 0 Å². The molecule has 4 heteroatoms. The minimum atomic E-state index is 0.318. The number of aromatic nitrogens is 1. The summed E-state index contributed by atoms with van der Waals surface area (Å²) in [7, 11) is 0. The molecule has 1 heterocycles. The first kappa shape index (κ1) is 14.9. The number of likely N-dealkylation sites (N-methyl/N-ethyl adjacent to an activating group) is 1. The molecule has 0 amide bonds. The molecule has 100 valence electrons. The summed E-state index contributed by atoms with van der Waals surface area (Å²) in [4.78, 5) is 4.19. The van der Waals surface area contributed by atoms with Crippen molar-refractivity contribution < 1.29 is 0 Å². The number of hydrogen-bond donors (Lipinski definition) is 1. The highest BCUT2D eigenvalue weighted by atomic mass is 127. The molecule has 0 saturated heterocycles. The number of hydrogen-bond acceptors (Lipinski definition) is 2. The Labute approximate surface area is 136 Å². The summed E-state index contributed by atoms with van der Waals surface area (Å²) in [5.41, 5.74) is 2.59. The van der Waals surface area contributed by atoms with Gasteiger partial charge in [-0.15, -0.1) is 0 Å². The van der Waals surface area contributed by atoms with Crippen molar-refractivity contribution in [2.24, 2.45) is 0 Å². The molecular weight excluding hydrogens is 415 g/mol. The van der Waals surface area contributed by atoms with Crippen LogP contribution in [0.25, 0.3) is 0 Å². The third-order valence-electron chi connectivity index (χ3n) is 2.95. The van der Waals surface area contributed by atoms with Gasteiger partial charge in [-0.3, -0.25) is 4.98 Å². The van der Waals surface area contributed by atoms with Crippen LogP contribution in [0, 0.1) is 3.57 Å². The van der Waals surface area contributed by atoms with Gasteiger partial charge in [0.25, 0.3) is 0 Å². The Balaban J connectivity index is 2.27. The van der Waals surface area contributed by atoms with Gasteiger partial charge in [0.2, 0.25) is 0 Å². The minimum Gasteiger partial charge on any atom is -0.310 e. The first-order chi connectivity index (χ1) is 9.20. The predicted octanol–water partition coefficient (Wildman–Crippen LogP) is 4.34. The average Bonchev–Trinajstić information content (AvgIpc) is 2.42. The van der Waals surface area contributed by atoms with Crippen LogP contribution in [0.15, 0.2) is 47.2 Å². The second-order valence-corrected chi connectivity index (χ2v) is 6.42. The first-order valence-corrected chi connectivity index (χ1v) is 8.15. The van der Waals surface area contributed by atoms with Crippen LogP contribution >= 0.6 is 38.5 Å². The van der Waals surface area contributed by atoms with Crippen molar-refractivity contribution in [1.82, 2.24) is 10.3 Å². The van der Waals surface area contributed by atoms with Crippen molar-refractivity contribution >= 4 is 38.5 Å². The maximum Gasteiger partial charge on any atom is 0.0372 e. The fraction of sp³-hybridized carbons (Fsp3) is 0.267. The molecular formula is C15H16BrIN2. The van der Waals surface area contributed by atoms with E-state index in [0.717, 1.165) is 17.4 Å². The second-order valence-electron chi connectivity index (χ2n) is 4.34. The summed E-state index contributed by atoms with van der Waals surface area (Å²) in [5.74, 6) is 0. The highest BCUT2D eigenvalue weighted by molar-refractivity contribution is 14.1. The number of nitrogens with one attached hydrogen (secondary N) is 1. The van der Waals surface area contributed by atoms with Crippen LogP contribution < -0.4 is 5.32 Å². The van der Waals surface area contributed by atoms with Gasteiger partial charge < -0.3 is 5.32 Å². The number of rotatable bonds is 5. The standard InChI is InChI=1S/C15H16BrIN2/c1-2-19-15(8-11-4-3-7-18-10-11)13-9-12(16)5-6-14(13)17/h3-7,9-10,15,19H,2,8H2,1H3. The van der Waals surface area contributed by atoms with Gasteiger partial charge >= 0.3 is 0 Å². The molecule has 0 saturated carbocycles. The second kappa shape index (κ2) is 7.36. The molecule has 0 aliphatic carbocycles. The van der Waals surface area contributed by atoms with E-state index in [1.54, 1.807) is 0 Å². The lowest BCUT2D eigenvalue weighted by Crippen LogP contribution is -2.23. The topological polar surface area (TPSA) is 24.9 Å². The fourth-order valence-electron chi connectivity index (χ4n) is 2.07. The van der Waals surface area contributed by atoms with Gasteiger partial charge in [0, 0.05) is 26.5 Å². The van der Waals surface area contributed by atoms with E-state index >= 15 is 0 Å². The molecule has 2 aromatic rings. The van der Waals surface area contributed by atoms with E-state index in [4.69, 9.17) is 0 Å². The van der Waals surface area contributed by atoms with Crippen molar-refractivity contribution in [3.63, 3.8) is 0 Å². The zero-order chi connectivity index (χ0) is 13.7. The van der Waals surface area contributed by atoms with Gasteiger partial charge in [-0.1, -0.05) is 28.9 Å². The molecule has 1 aromatic carbocycles. The summed E-state index contributed by atoms with van der Waals surface area (Å²) >= 11 is 5.96. The van der Waals surface area contributed by atoms with Crippen molar-refractivity contribution in [2.45, 2.75) is 19.4 Å². The van der Waals surface area contributed by atoms with Gasteiger partial charge in [-0.2, -0.15) is 0 Å². The number of nitrogens with zero attached hydrogens (tertiary/aromatic N) is 1. The smallest absolute Gasteiger partial charge is 0.0372 e. The van der Waals surface area contributed by atoms with E-state index in [2.05, 4.69) is 80.0 Å². The monoisotopic (exact) mass is 430 g/mol. The van der Waals surface area contributed by atoms with Crippen molar-refractivity contribution in [3.05, 3.63) is 61.9 Å². The SMILES string of the molecule is CCNC(Cc1cccnc1)c1cc(Br)ccc1I. The molecule has 1 atom stereocenters. The Hall–Kier alpha value is -0.460. The van der Waals surface area contributed by atoms with Gasteiger partial charge in [-0.25, -0.2) is 0 Å². The van der Waals surface area contributed by atoms with Crippen LogP contribution in [0.3, 0.4) is 0 Å². The Morgan fingerprint density at radius 3 is 2.89 bits per heavy atom. The molecule has 2 nitrogen and oxygen atoms in total. The van der Waals surface area contributed by atoms with E-state index in [1.807, 2.05) is 18.5 Å². The predicted molar refractivity (Wildman–Crippen MR) is 91.2 cm³/mol. The van der Waals surface area contributed by atoms with Crippen molar-refractivity contribution in [1.29, 1.82) is 0 Å². The third-order valence-corrected chi connectivity index (χ3v) is 4.42. The molecule has 1 unspecified atom stereocenters. The van der Waals surface area contributed by atoms with Crippen LogP contribution in [0.4, 0.5) is 0 Å². The van der Waals surface area contributed by atoms with E-state index in [9.17, 15) is 0 Å². The zero-order valence-electron chi connectivity index (χ0n) is 10.7. The van der Waals surface area contributed by atoms with Gasteiger partial charge in [-0.05, 0) is 70.9 Å². The summed E-state index contributed by atoms with van der Waals surface area (Å²) in [6.07, 6.45) is 4.71. The van der Waals surface area contributed by atoms with Gasteiger partial charge in [0.1, 0.15) is 0 Å². The van der Waals surface area contributed by atoms with E-state index in [1.165, 1.54) is 14.7 Å². The van der Waals surface area contributed by atoms with Gasteiger partial charge in [0.15, 0.2) is 0 Å². The Kier molecular flexibility index (Phi) is 5.78. The quantitative estimate of drug-likeness (QED) is 0.713. The lowest BCUT2D eigenvalue weighted by Gasteiger charge is -2.20. The van der Waals surface area contributed by atoms with Crippen molar-refractivity contribution in [3.8, 4) is 0 Å². The average molecular weight is 431 g/mol. The van der Waals surface area contributed by atoms with Crippen LogP contribution in [-0.4, -0.2) is 11.5 Å². The van der Waals surface area contributed by atoms with Crippen LogP contribution in [-0.2, 0) is 6.42 Å². The lowest BCUT2D eigenvalue weighted by molar-refractivity contribution is 0.547. The van der Waals surface area contributed by atoms with E-state index < -0.39 is 0 Å². The largest absolute Gasteiger partial charge is 0.310 e. The molecule has 0 spiro atoms. The maximum absolute atomic E-state index is 4.19. The van der Waals surface area contributed by atoms with E-state index in [-0.39, 0.29) is 0 Å². The molecule has 19 heavy (non-hydrogen) atoms. The van der Waals surface area contributed by atoms with E-state index in [0.29, 0.717) is 6.04 Å². The maximum atomic E-state index is 4.19. The minimum absolute atomic E-state index is 0.318. The Morgan fingerprint density at radius 2 is 2.21 bits per heavy atom. The lowest BCUT2D eigenvalue weighted by atomic mass is 10.00. The third kappa shape index (κ3) is 4.26. The Bertz CT molecular complexity index is 531. The summed E-state index contributed by atoms with van der Waals surface area (Å²) in [6.45, 7) is 3.09. The normalized spacial score (nSPS) is 12.4. The molecule has 0 fully saturated rings. The Morgan fingerprint density at radius 1 is 1.37 bits per heavy atom. The molecule has 0 radical (unpaired) electrons. The molecule has 0 bridgehead atoms. The molecule has 1 aromatic heterocycles. The van der Waals surface area contributed by atoms with Crippen LogP contribution in [0.1, 0.15) is 24.1 Å². The number of halogens is 2. The summed E-state index contributed by atoms with van der Waals surface area (Å²) in [6, 6.07) is 10.9. The zero-order valence-corrected chi connectivity index (χ0v) is 14.5. The summed E-state index contributed by atoms with van der Waals surface area (Å²) < 4.78 is 2.41. The first-order valence-electron chi connectivity index (χ1n) is 6.28. The molecule has 0 aliphatic rings. The summed E-state index contributed by atoms with van der Waals surface area (Å²) in [5, 5.41) is 3.56. The number of pyridine rings is 1. The highest BCUT2D eigenvalue weighted by Crippen LogP contribution is 2.26. The highest BCUT2D eigenvalue weighted by Gasteiger charge is 2.14. The fourth-order valence-corrected chi connectivity index (χ4v) is 3.16. The van der Waals surface area contributed by atoms with Crippen LogP contribution in [0.5, 0.6) is 0 Å². The van der Waals surface area contributed by atoms with Gasteiger partial charge in [0.05, 0.1) is 0 Å².